The number of carbonyl (C=O) groups excluding carboxylic acids is 3. The van der Waals surface area contributed by atoms with Gasteiger partial charge < -0.3 is 28.8 Å². The number of aryl methyl sites for hydroxylation is 1. The van der Waals surface area contributed by atoms with Crippen molar-refractivity contribution in [2.75, 3.05) is 14.2 Å². The van der Waals surface area contributed by atoms with Crippen molar-refractivity contribution in [3.63, 3.8) is 0 Å². The molecule has 314 valence electrons. The molecule has 3 N–H and O–H groups in total. The van der Waals surface area contributed by atoms with Crippen molar-refractivity contribution in [2.24, 2.45) is 5.41 Å². The minimum Gasteiger partial charge on any atom is -0.475 e. The van der Waals surface area contributed by atoms with Crippen LogP contribution < -0.4 is 4.74 Å². The van der Waals surface area contributed by atoms with Gasteiger partial charge in [0.15, 0.2) is 12.2 Å². The Morgan fingerprint density at radius 3 is 1.67 bits per heavy atom. The Morgan fingerprint density at radius 1 is 0.836 bits per heavy atom. The molecule has 0 amide bonds. The highest BCUT2D eigenvalue weighted by molar-refractivity contribution is 7.86. The Balaban J connectivity index is 0. The lowest BCUT2D eigenvalue weighted by Gasteiger charge is -2.19. The predicted octanol–water partition coefficient (Wildman–Crippen LogP) is 7.37. The maximum atomic E-state index is 11.9. The highest BCUT2D eigenvalue weighted by Gasteiger charge is 2.44. The van der Waals surface area contributed by atoms with Gasteiger partial charge in [0.25, 0.3) is 3.79 Å². The number of rotatable bonds is 10. The molecular weight excluding hydrogens is 822 g/mol. The van der Waals surface area contributed by atoms with Gasteiger partial charge in [-0.3, -0.25) is 14.8 Å². The summed E-state index contributed by atoms with van der Waals surface area (Å²) in [6, 6.07) is 14.8. The van der Waals surface area contributed by atoms with Crippen molar-refractivity contribution in [3.8, 4) is 5.75 Å². The van der Waals surface area contributed by atoms with Gasteiger partial charge in [0, 0.05) is 12.8 Å². The third kappa shape index (κ3) is 24.8. The molecule has 2 atom stereocenters. The van der Waals surface area contributed by atoms with Crippen molar-refractivity contribution in [1.29, 1.82) is 5.41 Å². The molecule has 0 aliphatic heterocycles. The van der Waals surface area contributed by atoms with Crippen LogP contribution in [0.25, 0.3) is 0 Å². The third-order valence-corrected chi connectivity index (χ3v) is 7.03. The summed E-state index contributed by atoms with van der Waals surface area (Å²) in [5, 5.41) is 16.4. The summed E-state index contributed by atoms with van der Waals surface area (Å²) in [5.74, 6) is -1.21. The summed E-state index contributed by atoms with van der Waals surface area (Å²) in [4.78, 5) is 34.7. The lowest BCUT2D eigenvalue weighted by Crippen LogP contribution is -2.30. The van der Waals surface area contributed by atoms with Crippen LogP contribution >= 0.6 is 34.8 Å². The molecule has 2 aromatic carbocycles. The molecule has 0 radical (unpaired) electrons. The van der Waals surface area contributed by atoms with Crippen molar-refractivity contribution >= 4 is 68.7 Å². The highest BCUT2D eigenvalue weighted by Crippen LogP contribution is 2.28. The number of methoxy groups -OCH3 is 2. The van der Waals surface area contributed by atoms with E-state index in [9.17, 15) is 32.7 Å². The number of ether oxygens (including phenoxy) is 5. The largest absolute Gasteiger partial charge is 0.522 e. The van der Waals surface area contributed by atoms with E-state index in [0.717, 1.165) is 16.7 Å². The number of hydrogen-bond donors (Lipinski definition) is 3. The van der Waals surface area contributed by atoms with E-state index in [1.165, 1.54) is 14.2 Å². The number of aliphatic hydroxyl groups excluding tert-OH is 1. The Bertz CT molecular complexity index is 1630. The molecule has 0 aliphatic rings. The van der Waals surface area contributed by atoms with Gasteiger partial charge in [-0.2, -0.15) is 21.6 Å². The van der Waals surface area contributed by atoms with E-state index in [4.69, 9.17) is 72.1 Å². The smallest absolute Gasteiger partial charge is 0.475 e. The van der Waals surface area contributed by atoms with Crippen molar-refractivity contribution < 1.29 is 69.3 Å². The number of nitrogens with one attached hydrogen (secondary N) is 1. The van der Waals surface area contributed by atoms with Crippen molar-refractivity contribution in [3.05, 3.63) is 65.2 Å². The van der Waals surface area contributed by atoms with Gasteiger partial charge in [-0.05, 0) is 78.6 Å². The van der Waals surface area contributed by atoms with E-state index in [2.05, 4.69) is 4.74 Å². The zero-order valence-electron chi connectivity index (χ0n) is 32.0. The van der Waals surface area contributed by atoms with Crippen LogP contribution in [0.5, 0.6) is 5.75 Å². The van der Waals surface area contributed by atoms with Crippen LogP contribution in [-0.4, -0.2) is 89.8 Å². The van der Waals surface area contributed by atoms with Crippen molar-refractivity contribution in [1.82, 2.24) is 0 Å². The third-order valence-electron chi connectivity index (χ3n) is 5.93. The molecule has 55 heavy (non-hydrogen) atoms. The molecule has 0 saturated heterocycles. The van der Waals surface area contributed by atoms with Crippen molar-refractivity contribution in [2.45, 2.75) is 102 Å². The Morgan fingerprint density at radius 2 is 1.31 bits per heavy atom. The SMILES string of the molecule is CC(C)OC(=N)C(Cl)(Cl)Cl.COC(=O)[C@@H](O)Cc1cccc(C)c1.COC(=O)[C@H](Cc1cccc(OC(=O)C(C)(C)C)c1)OC(C)C.O=S(=O)(O)C(F)(F)F. The lowest BCUT2D eigenvalue weighted by molar-refractivity contribution is -0.156. The first-order valence-electron chi connectivity index (χ1n) is 16.1. The summed E-state index contributed by atoms with van der Waals surface area (Å²) in [5.41, 5.74) is -3.24. The molecule has 20 heteroatoms. The zero-order valence-corrected chi connectivity index (χ0v) is 35.1. The van der Waals surface area contributed by atoms with E-state index in [0.29, 0.717) is 18.6 Å². The number of alkyl halides is 6. The standard InChI is InChI=1S/C18H26O5.C11H14O3.C5H8Cl3NO.CHF3O3S/c1-12(2)22-15(16(19)21-6)11-13-8-7-9-14(10-13)23-17(20)18(3,4)5;1-8-4-3-5-9(6-8)7-10(12)11(13)14-2;1-3(2)10-4(9)5(6,7)8;2-1(3,4)8(5,6)7/h7-10,12,15H,11H2,1-6H3;3-6,10,12H,7H2,1-2H3;3,9H,1-2H3;(H,5,6,7)/t15-;10-;;/m00../s1. The lowest BCUT2D eigenvalue weighted by atomic mass is 9.97. The molecule has 2 aromatic rings. The molecule has 0 aliphatic carbocycles. The molecule has 0 aromatic heterocycles. The first-order valence-corrected chi connectivity index (χ1v) is 18.6. The van der Waals surface area contributed by atoms with Crippen LogP contribution in [0.4, 0.5) is 13.2 Å². The number of esters is 3. The van der Waals surface area contributed by atoms with Gasteiger partial charge in [-0.15, -0.1) is 0 Å². The minimum atomic E-state index is -5.84. The van der Waals surface area contributed by atoms with Crippen LogP contribution in [0.1, 0.15) is 65.2 Å². The molecular formula is C35H49Cl3F3NO12S. The summed E-state index contributed by atoms with van der Waals surface area (Å²) in [6.45, 7) is 14.6. The van der Waals surface area contributed by atoms with Crippen LogP contribution in [-0.2, 0) is 56.3 Å². The monoisotopic (exact) mass is 869 g/mol. The fraction of sp³-hybridized carbons (Fsp3) is 0.543. The first-order chi connectivity index (χ1) is 24.8. The fourth-order valence-corrected chi connectivity index (χ4v) is 3.58. The second-order valence-corrected chi connectivity index (χ2v) is 16.5. The summed E-state index contributed by atoms with van der Waals surface area (Å²) < 4.78 is 80.8. The molecule has 0 heterocycles. The number of halogens is 6. The summed E-state index contributed by atoms with van der Waals surface area (Å²) >= 11 is 15.9. The quantitative estimate of drug-likeness (QED) is 0.0409. The van der Waals surface area contributed by atoms with Crippen LogP contribution in [0.2, 0.25) is 0 Å². The topological polar surface area (TPSA) is 196 Å². The Hall–Kier alpha value is -3.19. The fourth-order valence-electron chi connectivity index (χ4n) is 3.44. The van der Waals surface area contributed by atoms with Gasteiger partial charge >= 0.3 is 33.5 Å². The van der Waals surface area contributed by atoms with Gasteiger partial charge in [-0.25, -0.2) is 9.59 Å². The maximum Gasteiger partial charge on any atom is 0.522 e. The van der Waals surface area contributed by atoms with Crippen LogP contribution in [0.3, 0.4) is 0 Å². The van der Waals surface area contributed by atoms with E-state index < -0.39 is 49.0 Å². The number of hydrogen-bond acceptors (Lipinski definition) is 12. The van der Waals surface area contributed by atoms with Gasteiger partial charge in [-0.1, -0.05) is 76.8 Å². The molecule has 0 fully saturated rings. The minimum absolute atomic E-state index is 0.0963. The Kier molecular flexibility index (Phi) is 24.0. The van der Waals surface area contributed by atoms with Gasteiger partial charge in [0.05, 0.1) is 31.8 Å². The summed E-state index contributed by atoms with van der Waals surface area (Å²) in [7, 11) is -3.24. The molecule has 2 rings (SSSR count). The Labute approximate surface area is 334 Å². The van der Waals surface area contributed by atoms with E-state index in [-0.39, 0.29) is 24.1 Å². The molecule has 0 saturated carbocycles. The highest BCUT2D eigenvalue weighted by atomic mass is 35.6. The van der Waals surface area contributed by atoms with Gasteiger partial charge in [0.2, 0.25) is 5.90 Å². The molecule has 0 bridgehead atoms. The second-order valence-electron chi connectivity index (χ2n) is 12.8. The van der Waals surface area contributed by atoms with E-state index >= 15 is 0 Å². The van der Waals surface area contributed by atoms with Gasteiger partial charge in [0.1, 0.15) is 5.75 Å². The second kappa shape index (κ2) is 24.4. The van der Waals surface area contributed by atoms with E-state index in [1.54, 1.807) is 52.8 Å². The zero-order chi connectivity index (χ0) is 43.5. The molecule has 0 spiro atoms. The molecule has 0 unspecified atom stereocenters. The normalized spacial score (nSPS) is 12.7. The number of aliphatic hydroxyl groups is 1. The average molecular weight is 871 g/mol. The van der Waals surface area contributed by atoms with E-state index in [1.807, 2.05) is 51.1 Å². The average Bonchev–Trinajstić information content (AvgIpc) is 3.02. The number of benzene rings is 2. The van der Waals surface area contributed by atoms with Crippen LogP contribution in [0.15, 0.2) is 48.5 Å². The van der Waals surface area contributed by atoms with Crippen LogP contribution in [0, 0.1) is 17.7 Å². The molecule has 13 nitrogen and oxygen atoms in total. The summed E-state index contributed by atoms with van der Waals surface area (Å²) in [6.07, 6.45) is -1.33. The maximum absolute atomic E-state index is 11.9. The first kappa shape index (κ1) is 53.9. The number of carbonyl (C=O) groups is 3. The predicted molar refractivity (Wildman–Crippen MR) is 202 cm³/mol.